The fraction of sp³-hybridized carbons (Fsp3) is 0.682. The van der Waals surface area contributed by atoms with Gasteiger partial charge in [0.2, 0.25) is 0 Å². The molecule has 1 aromatic carbocycles. The number of carbonyl (C=O) groups excluding carboxylic acids is 1. The van der Waals surface area contributed by atoms with Crippen molar-refractivity contribution in [2.24, 2.45) is 11.8 Å². The van der Waals surface area contributed by atoms with Gasteiger partial charge in [0.15, 0.2) is 0 Å². The van der Waals surface area contributed by atoms with Crippen LogP contribution in [0.2, 0.25) is 0 Å². The molecule has 3 saturated heterocycles. The molecule has 148 valence electrons. The van der Waals surface area contributed by atoms with Crippen LogP contribution in [0.25, 0.3) is 0 Å². The SMILES string of the molecule is Cc1ccccc1C(=O)N1CC2(C1)OCCC2CCOCC1CCOCC1. The Bertz CT molecular complexity index is 649. The van der Waals surface area contributed by atoms with Gasteiger partial charge in [-0.05, 0) is 56.1 Å². The van der Waals surface area contributed by atoms with Gasteiger partial charge in [-0.25, -0.2) is 0 Å². The molecule has 0 radical (unpaired) electrons. The van der Waals surface area contributed by atoms with E-state index in [2.05, 4.69) is 0 Å². The fourth-order valence-electron chi connectivity index (χ4n) is 4.66. The Morgan fingerprint density at radius 2 is 1.96 bits per heavy atom. The van der Waals surface area contributed by atoms with Crippen LogP contribution in [-0.4, -0.2) is 62.5 Å². The lowest BCUT2D eigenvalue weighted by Gasteiger charge is -2.50. The summed E-state index contributed by atoms with van der Waals surface area (Å²) in [6, 6.07) is 7.81. The molecule has 27 heavy (non-hydrogen) atoms. The van der Waals surface area contributed by atoms with E-state index in [1.165, 1.54) is 0 Å². The number of nitrogens with zero attached hydrogens (tertiary/aromatic N) is 1. The second-order valence-electron chi connectivity index (χ2n) is 8.29. The quantitative estimate of drug-likeness (QED) is 0.719. The Kier molecular flexibility index (Phi) is 5.81. The van der Waals surface area contributed by atoms with Crippen molar-refractivity contribution < 1.29 is 19.0 Å². The van der Waals surface area contributed by atoms with Crippen LogP contribution in [0, 0.1) is 18.8 Å². The number of carbonyl (C=O) groups is 1. The van der Waals surface area contributed by atoms with E-state index < -0.39 is 0 Å². The summed E-state index contributed by atoms with van der Waals surface area (Å²) in [5, 5.41) is 0. The molecule has 4 rings (SSSR count). The Balaban J connectivity index is 1.24. The molecule has 3 fully saturated rings. The van der Waals surface area contributed by atoms with Crippen molar-refractivity contribution in [3.63, 3.8) is 0 Å². The zero-order valence-electron chi connectivity index (χ0n) is 16.3. The molecule has 3 aliphatic rings. The van der Waals surface area contributed by atoms with Gasteiger partial charge in [-0.2, -0.15) is 0 Å². The highest BCUT2D eigenvalue weighted by Crippen LogP contribution is 2.42. The highest BCUT2D eigenvalue weighted by Gasteiger charge is 2.54. The molecule has 3 aliphatic heterocycles. The molecule has 0 aromatic heterocycles. The lowest BCUT2D eigenvalue weighted by molar-refractivity contribution is -0.121. The van der Waals surface area contributed by atoms with Gasteiger partial charge in [0.1, 0.15) is 5.60 Å². The monoisotopic (exact) mass is 373 g/mol. The molecule has 5 heteroatoms. The molecule has 0 aliphatic carbocycles. The van der Waals surface area contributed by atoms with Crippen molar-refractivity contribution in [2.75, 3.05) is 46.1 Å². The van der Waals surface area contributed by atoms with Gasteiger partial charge in [-0.1, -0.05) is 18.2 Å². The van der Waals surface area contributed by atoms with Crippen LogP contribution in [0.5, 0.6) is 0 Å². The number of aryl methyl sites for hydroxylation is 1. The summed E-state index contributed by atoms with van der Waals surface area (Å²) < 4.78 is 17.5. The molecule has 1 atom stereocenters. The second-order valence-corrected chi connectivity index (χ2v) is 8.29. The summed E-state index contributed by atoms with van der Waals surface area (Å²) in [6.07, 6.45) is 4.33. The van der Waals surface area contributed by atoms with E-state index in [0.29, 0.717) is 24.9 Å². The fourth-order valence-corrected chi connectivity index (χ4v) is 4.66. The number of hydrogen-bond acceptors (Lipinski definition) is 4. The van der Waals surface area contributed by atoms with Gasteiger partial charge < -0.3 is 19.1 Å². The minimum atomic E-state index is -0.139. The molecule has 1 spiro atoms. The maximum Gasteiger partial charge on any atom is 0.254 e. The van der Waals surface area contributed by atoms with E-state index in [-0.39, 0.29) is 11.5 Å². The first-order chi connectivity index (χ1) is 13.2. The molecule has 1 unspecified atom stereocenters. The van der Waals surface area contributed by atoms with E-state index in [0.717, 1.165) is 69.8 Å². The van der Waals surface area contributed by atoms with Crippen molar-refractivity contribution in [1.29, 1.82) is 0 Å². The summed E-state index contributed by atoms with van der Waals surface area (Å²) in [7, 11) is 0. The number of benzene rings is 1. The van der Waals surface area contributed by atoms with Crippen molar-refractivity contribution in [1.82, 2.24) is 4.90 Å². The van der Waals surface area contributed by atoms with E-state index in [4.69, 9.17) is 14.2 Å². The highest BCUT2D eigenvalue weighted by molar-refractivity contribution is 5.96. The lowest BCUT2D eigenvalue weighted by Crippen LogP contribution is -2.66. The lowest BCUT2D eigenvalue weighted by atomic mass is 9.78. The van der Waals surface area contributed by atoms with E-state index in [1.807, 2.05) is 36.1 Å². The molecule has 0 saturated carbocycles. The number of likely N-dealkylation sites (tertiary alicyclic amines) is 1. The third kappa shape index (κ3) is 4.05. The first-order valence-corrected chi connectivity index (χ1v) is 10.3. The van der Waals surface area contributed by atoms with Gasteiger partial charge in [-0.3, -0.25) is 4.79 Å². The third-order valence-corrected chi connectivity index (χ3v) is 6.48. The van der Waals surface area contributed by atoms with Crippen LogP contribution >= 0.6 is 0 Å². The van der Waals surface area contributed by atoms with Crippen LogP contribution in [0.15, 0.2) is 24.3 Å². The normalized spacial score (nSPS) is 24.9. The molecule has 0 bridgehead atoms. The summed E-state index contributed by atoms with van der Waals surface area (Å²) in [4.78, 5) is 14.7. The van der Waals surface area contributed by atoms with Gasteiger partial charge in [-0.15, -0.1) is 0 Å². The zero-order valence-corrected chi connectivity index (χ0v) is 16.3. The summed E-state index contributed by atoms with van der Waals surface area (Å²) >= 11 is 0. The Hall–Kier alpha value is -1.43. The second kappa shape index (κ2) is 8.29. The average molecular weight is 373 g/mol. The largest absolute Gasteiger partial charge is 0.381 e. The van der Waals surface area contributed by atoms with Gasteiger partial charge >= 0.3 is 0 Å². The van der Waals surface area contributed by atoms with E-state index in [1.54, 1.807) is 0 Å². The van der Waals surface area contributed by atoms with Crippen LogP contribution in [-0.2, 0) is 14.2 Å². The van der Waals surface area contributed by atoms with Gasteiger partial charge in [0.25, 0.3) is 5.91 Å². The molecule has 5 nitrogen and oxygen atoms in total. The number of hydrogen-bond donors (Lipinski definition) is 0. The number of amides is 1. The Morgan fingerprint density at radius 3 is 2.74 bits per heavy atom. The number of rotatable bonds is 6. The van der Waals surface area contributed by atoms with E-state index >= 15 is 0 Å². The molecular weight excluding hydrogens is 342 g/mol. The average Bonchev–Trinajstić information content (AvgIpc) is 3.09. The summed E-state index contributed by atoms with van der Waals surface area (Å²) in [5.41, 5.74) is 1.70. The smallest absolute Gasteiger partial charge is 0.254 e. The van der Waals surface area contributed by atoms with E-state index in [9.17, 15) is 4.79 Å². The third-order valence-electron chi connectivity index (χ3n) is 6.48. The van der Waals surface area contributed by atoms with Crippen molar-refractivity contribution in [3.8, 4) is 0 Å². The standard InChI is InChI=1S/C22H31NO4/c1-17-4-2-3-5-20(17)21(24)23-15-22(16-23)19(9-13-27-22)8-12-26-14-18-6-10-25-11-7-18/h2-5,18-19H,6-16H2,1H3. The van der Waals surface area contributed by atoms with Crippen molar-refractivity contribution >= 4 is 5.91 Å². The summed E-state index contributed by atoms with van der Waals surface area (Å²) in [5.74, 6) is 1.27. The Morgan fingerprint density at radius 1 is 1.19 bits per heavy atom. The first kappa shape index (κ1) is 18.9. The molecule has 1 amide bonds. The molecular formula is C22H31NO4. The van der Waals surface area contributed by atoms with Gasteiger partial charge in [0, 0.05) is 38.6 Å². The first-order valence-electron chi connectivity index (χ1n) is 10.3. The maximum absolute atomic E-state index is 12.8. The minimum Gasteiger partial charge on any atom is -0.381 e. The van der Waals surface area contributed by atoms with Crippen molar-refractivity contribution in [2.45, 2.75) is 38.2 Å². The van der Waals surface area contributed by atoms with Crippen LogP contribution in [0.1, 0.15) is 41.6 Å². The minimum absolute atomic E-state index is 0.128. The molecule has 3 heterocycles. The molecule has 0 N–H and O–H groups in total. The Labute approximate surface area is 162 Å². The topological polar surface area (TPSA) is 48.0 Å². The maximum atomic E-state index is 12.8. The van der Waals surface area contributed by atoms with Crippen LogP contribution in [0.4, 0.5) is 0 Å². The van der Waals surface area contributed by atoms with Crippen LogP contribution in [0.3, 0.4) is 0 Å². The highest BCUT2D eigenvalue weighted by atomic mass is 16.5. The predicted octanol–water partition coefficient (Wildman–Crippen LogP) is 3.06. The predicted molar refractivity (Wildman–Crippen MR) is 103 cm³/mol. The molecule has 1 aromatic rings. The van der Waals surface area contributed by atoms with Crippen LogP contribution < -0.4 is 0 Å². The zero-order chi connectivity index (χ0) is 18.7. The van der Waals surface area contributed by atoms with Gasteiger partial charge in [0.05, 0.1) is 13.1 Å². The number of ether oxygens (including phenoxy) is 3. The summed E-state index contributed by atoms with van der Waals surface area (Å²) in [6.45, 7) is 7.61. The van der Waals surface area contributed by atoms with Crippen molar-refractivity contribution in [3.05, 3.63) is 35.4 Å².